The van der Waals surface area contributed by atoms with Crippen LogP contribution in [-0.4, -0.2) is 25.0 Å². The Morgan fingerprint density at radius 3 is 2.90 bits per heavy atom. The fourth-order valence-electron chi connectivity index (χ4n) is 3.17. The van der Waals surface area contributed by atoms with Crippen molar-refractivity contribution < 1.29 is 4.79 Å². The predicted molar refractivity (Wildman–Crippen MR) is 83.5 cm³/mol. The van der Waals surface area contributed by atoms with Gasteiger partial charge >= 0.3 is 0 Å². The number of hydrogen-bond acceptors (Lipinski definition) is 2. The Labute approximate surface area is 126 Å². The van der Waals surface area contributed by atoms with Gasteiger partial charge in [-0.2, -0.15) is 0 Å². The Bertz CT molecular complexity index is 470. The fraction of sp³-hybridized carbons (Fsp3) is 0.562. The number of hydrogen-bond donors (Lipinski definition) is 2. The van der Waals surface area contributed by atoms with E-state index in [0.29, 0.717) is 12.5 Å². The lowest BCUT2D eigenvalue weighted by Crippen LogP contribution is -2.46. The molecule has 0 radical (unpaired) electrons. The van der Waals surface area contributed by atoms with Crippen LogP contribution in [0.2, 0.25) is 0 Å². The molecule has 20 heavy (non-hydrogen) atoms. The molecule has 1 fully saturated rings. The van der Waals surface area contributed by atoms with E-state index in [4.69, 9.17) is 0 Å². The topological polar surface area (TPSA) is 41.1 Å². The maximum Gasteiger partial charge on any atom is 0.224 e. The summed E-state index contributed by atoms with van der Waals surface area (Å²) in [5.41, 5.74) is 4.08. The van der Waals surface area contributed by atoms with Crippen LogP contribution in [0, 0.1) is 0 Å². The number of rotatable bonds is 3. The molecule has 2 aliphatic rings. The summed E-state index contributed by atoms with van der Waals surface area (Å²) in [6, 6.07) is 6.85. The average Bonchev–Trinajstić information content (AvgIpc) is 2.87. The van der Waals surface area contributed by atoms with Crippen molar-refractivity contribution in [2.75, 3.05) is 13.1 Å². The lowest BCUT2D eigenvalue weighted by molar-refractivity contribution is -0.121. The molecule has 1 aliphatic carbocycles. The van der Waals surface area contributed by atoms with E-state index in [-0.39, 0.29) is 18.3 Å². The maximum absolute atomic E-state index is 12.0. The molecule has 1 atom stereocenters. The first kappa shape index (κ1) is 15.3. The Morgan fingerprint density at radius 2 is 2.10 bits per heavy atom. The molecule has 1 heterocycles. The Balaban J connectivity index is 0.00000147. The molecule has 110 valence electrons. The number of carbonyl (C=O) groups is 1. The number of carbonyl (C=O) groups excluding carboxylic acids is 1. The number of nitrogens with one attached hydrogen (secondary N) is 2. The molecule has 0 saturated carbocycles. The Kier molecular flexibility index (Phi) is 5.44. The van der Waals surface area contributed by atoms with E-state index >= 15 is 0 Å². The summed E-state index contributed by atoms with van der Waals surface area (Å²) in [6.45, 7) is 1.99. The van der Waals surface area contributed by atoms with Gasteiger partial charge in [0.15, 0.2) is 0 Å². The summed E-state index contributed by atoms with van der Waals surface area (Å²) in [7, 11) is 0. The Hall–Kier alpha value is -1.06. The van der Waals surface area contributed by atoms with Gasteiger partial charge in [-0.1, -0.05) is 18.2 Å². The van der Waals surface area contributed by atoms with E-state index in [1.807, 2.05) is 0 Å². The molecule has 0 aromatic heterocycles. The van der Waals surface area contributed by atoms with E-state index < -0.39 is 0 Å². The summed E-state index contributed by atoms with van der Waals surface area (Å²) in [5, 5.41) is 6.46. The van der Waals surface area contributed by atoms with Gasteiger partial charge in [-0.3, -0.25) is 4.79 Å². The van der Waals surface area contributed by atoms with Crippen molar-refractivity contribution in [3.05, 3.63) is 34.9 Å². The second-order valence-corrected chi connectivity index (χ2v) is 5.74. The number of amides is 1. The van der Waals surface area contributed by atoms with Crippen molar-refractivity contribution >= 4 is 18.3 Å². The van der Waals surface area contributed by atoms with E-state index in [0.717, 1.165) is 31.5 Å². The van der Waals surface area contributed by atoms with Gasteiger partial charge in [-0.15, -0.1) is 12.4 Å². The summed E-state index contributed by atoms with van der Waals surface area (Å²) < 4.78 is 0. The first-order chi connectivity index (χ1) is 9.31. The summed E-state index contributed by atoms with van der Waals surface area (Å²) in [5.74, 6) is 0.159. The molecule has 2 N–H and O–H groups in total. The number of aryl methyl sites for hydroxylation is 2. The van der Waals surface area contributed by atoms with Crippen LogP contribution in [0.15, 0.2) is 18.2 Å². The van der Waals surface area contributed by atoms with Crippen molar-refractivity contribution in [1.29, 1.82) is 0 Å². The Morgan fingerprint density at radius 1 is 1.25 bits per heavy atom. The molecule has 0 bridgehead atoms. The average molecular weight is 295 g/mol. The molecule has 1 aliphatic heterocycles. The van der Waals surface area contributed by atoms with Crippen molar-refractivity contribution in [3.8, 4) is 0 Å². The van der Waals surface area contributed by atoms with Gasteiger partial charge < -0.3 is 10.6 Å². The van der Waals surface area contributed by atoms with Gasteiger partial charge in [0.25, 0.3) is 0 Å². The van der Waals surface area contributed by atoms with Crippen LogP contribution in [0.3, 0.4) is 0 Å². The molecule has 1 unspecified atom stereocenters. The van der Waals surface area contributed by atoms with Crippen molar-refractivity contribution in [2.24, 2.45) is 0 Å². The lowest BCUT2D eigenvalue weighted by Gasteiger charge is -2.23. The number of halogens is 1. The minimum Gasteiger partial charge on any atom is -0.352 e. The quantitative estimate of drug-likeness (QED) is 0.895. The van der Waals surface area contributed by atoms with Crippen molar-refractivity contribution in [1.82, 2.24) is 10.6 Å². The third-order valence-electron chi connectivity index (χ3n) is 4.19. The first-order valence-electron chi connectivity index (χ1n) is 7.42. The number of benzene rings is 1. The third kappa shape index (κ3) is 3.74. The first-order valence-corrected chi connectivity index (χ1v) is 7.42. The minimum atomic E-state index is 0. The molecule has 1 saturated heterocycles. The SMILES string of the molecule is Cl.O=C(Cc1ccc2c(c1)CCC2)NC1CCCNC1. The highest BCUT2D eigenvalue weighted by atomic mass is 35.5. The molecule has 1 amide bonds. The highest BCUT2D eigenvalue weighted by Gasteiger charge is 2.16. The molecular formula is C16H23ClN2O. The molecule has 0 spiro atoms. The van der Waals surface area contributed by atoms with Crippen LogP contribution >= 0.6 is 12.4 Å². The maximum atomic E-state index is 12.0. The zero-order chi connectivity index (χ0) is 13.1. The molecule has 4 heteroatoms. The summed E-state index contributed by atoms with van der Waals surface area (Å²) in [4.78, 5) is 12.0. The highest BCUT2D eigenvalue weighted by Crippen LogP contribution is 2.23. The number of piperidine rings is 1. The van der Waals surface area contributed by atoms with Crippen LogP contribution in [0.1, 0.15) is 36.0 Å². The fourth-order valence-corrected chi connectivity index (χ4v) is 3.17. The van der Waals surface area contributed by atoms with Crippen LogP contribution in [0.5, 0.6) is 0 Å². The van der Waals surface area contributed by atoms with Crippen LogP contribution in [-0.2, 0) is 24.1 Å². The predicted octanol–water partition coefficient (Wildman–Crippen LogP) is 2.01. The van der Waals surface area contributed by atoms with E-state index in [2.05, 4.69) is 28.8 Å². The smallest absolute Gasteiger partial charge is 0.224 e. The van der Waals surface area contributed by atoms with Gasteiger partial charge in [-0.05, 0) is 55.3 Å². The molecule has 3 rings (SSSR count). The highest BCUT2D eigenvalue weighted by molar-refractivity contribution is 5.85. The second-order valence-electron chi connectivity index (χ2n) is 5.74. The van der Waals surface area contributed by atoms with Crippen molar-refractivity contribution in [2.45, 2.75) is 44.6 Å². The van der Waals surface area contributed by atoms with Gasteiger partial charge in [-0.25, -0.2) is 0 Å². The van der Waals surface area contributed by atoms with Gasteiger partial charge in [0, 0.05) is 12.6 Å². The van der Waals surface area contributed by atoms with Crippen LogP contribution < -0.4 is 10.6 Å². The molecule has 1 aromatic carbocycles. The van der Waals surface area contributed by atoms with E-state index in [1.54, 1.807) is 0 Å². The normalized spacial score (nSPS) is 20.9. The summed E-state index contributed by atoms with van der Waals surface area (Å²) >= 11 is 0. The minimum absolute atomic E-state index is 0. The molecule has 1 aromatic rings. The van der Waals surface area contributed by atoms with Gasteiger partial charge in [0.2, 0.25) is 5.91 Å². The van der Waals surface area contributed by atoms with Crippen molar-refractivity contribution in [3.63, 3.8) is 0 Å². The second kappa shape index (κ2) is 7.09. The van der Waals surface area contributed by atoms with E-state index in [1.165, 1.54) is 30.4 Å². The summed E-state index contributed by atoms with van der Waals surface area (Å²) in [6.07, 6.45) is 6.42. The third-order valence-corrected chi connectivity index (χ3v) is 4.19. The van der Waals surface area contributed by atoms with Gasteiger partial charge in [0.1, 0.15) is 0 Å². The lowest BCUT2D eigenvalue weighted by atomic mass is 10.0. The molecular weight excluding hydrogens is 272 g/mol. The van der Waals surface area contributed by atoms with E-state index in [9.17, 15) is 4.79 Å². The number of fused-ring (bicyclic) bond motifs is 1. The largest absolute Gasteiger partial charge is 0.352 e. The van der Waals surface area contributed by atoms with Crippen LogP contribution in [0.4, 0.5) is 0 Å². The monoisotopic (exact) mass is 294 g/mol. The zero-order valence-corrected chi connectivity index (χ0v) is 12.6. The van der Waals surface area contributed by atoms with Crippen LogP contribution in [0.25, 0.3) is 0 Å². The zero-order valence-electron chi connectivity index (χ0n) is 11.8. The molecule has 3 nitrogen and oxygen atoms in total. The van der Waals surface area contributed by atoms with Gasteiger partial charge in [0.05, 0.1) is 6.42 Å². The standard InChI is InChI=1S/C16H22N2O.ClH/c19-16(18-15-5-2-8-17-11-15)10-12-6-7-13-3-1-4-14(13)9-12;/h6-7,9,15,17H,1-5,8,10-11H2,(H,18,19);1H.